The van der Waals surface area contributed by atoms with E-state index in [4.69, 9.17) is 23.3 Å². The molecule has 9 nitrogen and oxygen atoms in total. The van der Waals surface area contributed by atoms with Crippen LogP contribution in [0.1, 0.15) is 0 Å². The normalized spacial score (nSPS) is 15.5. The molecule has 0 aromatic rings. The van der Waals surface area contributed by atoms with Gasteiger partial charge in [0.15, 0.2) is 0 Å². The van der Waals surface area contributed by atoms with Crippen molar-refractivity contribution in [2.24, 2.45) is 0 Å². The summed E-state index contributed by atoms with van der Waals surface area (Å²) in [7, 11) is 3.00. The molecule has 0 rings (SSSR count). The highest BCUT2D eigenvalue weighted by atomic mass is 31.2. The van der Waals surface area contributed by atoms with Crippen molar-refractivity contribution in [3.63, 3.8) is 0 Å². The van der Waals surface area contributed by atoms with Gasteiger partial charge in [0.1, 0.15) is 25.9 Å². The predicted molar refractivity (Wildman–Crippen MR) is 87.4 cm³/mol. The van der Waals surface area contributed by atoms with E-state index in [2.05, 4.69) is 6.58 Å². The number of carbonyl (C=O) groups excluding carboxylic acids is 1. The molecule has 0 saturated heterocycles. The van der Waals surface area contributed by atoms with Crippen LogP contribution in [-0.2, 0) is 32.6 Å². The Morgan fingerprint density at radius 2 is 1.92 bits per heavy atom. The minimum Gasteiger partial charge on any atom is -0.460 e. The largest absolute Gasteiger partial charge is 0.472 e. The summed E-state index contributed by atoms with van der Waals surface area (Å²) >= 11 is 0. The number of carbonyl (C=O) groups is 1. The number of likely N-dealkylation sites (N-methyl/N-ethyl adjacent to an activating group) is 1. The molecule has 0 aliphatic carbocycles. The maximum absolute atomic E-state index is 12.0. The lowest BCUT2D eigenvalue weighted by Gasteiger charge is -2.25. The number of esters is 1. The maximum Gasteiger partial charge on any atom is 0.472 e. The molecule has 0 saturated carbocycles. The molecule has 24 heavy (non-hydrogen) atoms. The molecule has 10 heteroatoms. The van der Waals surface area contributed by atoms with Crippen molar-refractivity contribution in [3.8, 4) is 0 Å². The van der Waals surface area contributed by atoms with E-state index in [0.29, 0.717) is 17.6 Å². The van der Waals surface area contributed by atoms with E-state index in [1.54, 1.807) is 0 Å². The second kappa shape index (κ2) is 11.7. The first-order chi connectivity index (χ1) is 11.1. The molecule has 0 heterocycles. The summed E-state index contributed by atoms with van der Waals surface area (Å²) in [5, 5.41) is 0. The SMILES string of the molecule is C=CC(=O)OCC(COCCOC)OP(=O)(O)OCC[N+](C)(C)C. The fourth-order valence-electron chi connectivity index (χ4n) is 1.35. The number of nitrogens with zero attached hydrogens (tertiary/aromatic N) is 1. The van der Waals surface area contributed by atoms with Gasteiger partial charge in [-0.25, -0.2) is 9.36 Å². The summed E-state index contributed by atoms with van der Waals surface area (Å²) in [6.07, 6.45) is 0.0322. The molecule has 0 aliphatic rings. The lowest BCUT2D eigenvalue weighted by Crippen LogP contribution is -2.37. The number of rotatable bonds is 14. The third-order valence-corrected chi connectivity index (χ3v) is 3.69. The average molecular weight is 370 g/mol. The van der Waals surface area contributed by atoms with Gasteiger partial charge in [-0.2, -0.15) is 0 Å². The van der Waals surface area contributed by atoms with E-state index in [9.17, 15) is 14.3 Å². The van der Waals surface area contributed by atoms with Gasteiger partial charge < -0.3 is 23.6 Å². The fourth-order valence-corrected chi connectivity index (χ4v) is 2.22. The third kappa shape index (κ3) is 13.6. The van der Waals surface area contributed by atoms with E-state index < -0.39 is 19.9 Å². The van der Waals surface area contributed by atoms with Gasteiger partial charge in [0.05, 0.1) is 41.0 Å². The molecule has 0 aliphatic heterocycles. The number of hydrogen-bond donors (Lipinski definition) is 1. The average Bonchev–Trinajstić information content (AvgIpc) is 2.46. The second-order valence-electron chi connectivity index (χ2n) is 5.95. The van der Waals surface area contributed by atoms with Crippen molar-refractivity contribution in [2.75, 3.05) is 67.8 Å². The Morgan fingerprint density at radius 3 is 2.46 bits per heavy atom. The van der Waals surface area contributed by atoms with Crippen LogP contribution in [0.2, 0.25) is 0 Å². The van der Waals surface area contributed by atoms with E-state index in [1.165, 1.54) is 7.11 Å². The van der Waals surface area contributed by atoms with Gasteiger partial charge in [-0.3, -0.25) is 9.05 Å². The van der Waals surface area contributed by atoms with E-state index in [-0.39, 0.29) is 26.4 Å². The van der Waals surface area contributed by atoms with Crippen molar-refractivity contribution in [1.29, 1.82) is 0 Å². The summed E-state index contributed by atoms with van der Waals surface area (Å²) in [5.74, 6) is -0.667. The van der Waals surface area contributed by atoms with Crippen LogP contribution in [0.3, 0.4) is 0 Å². The number of quaternary nitrogens is 1. The second-order valence-corrected chi connectivity index (χ2v) is 7.35. The Kier molecular flexibility index (Phi) is 11.3. The van der Waals surface area contributed by atoms with Gasteiger partial charge >= 0.3 is 13.8 Å². The topological polar surface area (TPSA) is 101 Å². The molecule has 0 spiro atoms. The Labute approximate surface area is 143 Å². The molecule has 0 bridgehead atoms. The lowest BCUT2D eigenvalue weighted by atomic mass is 10.4. The fraction of sp³-hybridized carbons (Fsp3) is 0.786. The summed E-state index contributed by atoms with van der Waals surface area (Å²) in [6.45, 7) is 4.14. The molecule has 0 radical (unpaired) electrons. The zero-order chi connectivity index (χ0) is 18.6. The molecule has 0 aromatic heterocycles. The highest BCUT2D eigenvalue weighted by molar-refractivity contribution is 7.47. The van der Waals surface area contributed by atoms with Gasteiger partial charge in [0.2, 0.25) is 0 Å². The molecule has 0 amide bonds. The molecule has 0 aromatic carbocycles. The molecular weight excluding hydrogens is 341 g/mol. The number of hydrogen-bond acceptors (Lipinski definition) is 7. The van der Waals surface area contributed by atoms with Crippen molar-refractivity contribution >= 4 is 13.8 Å². The predicted octanol–water partition coefficient (Wildman–Crippen LogP) is 0.587. The number of phosphoric ester groups is 1. The number of phosphoric acid groups is 1. The molecular formula is C14H29NO8P+. The van der Waals surface area contributed by atoms with Crippen molar-refractivity contribution < 1.29 is 42.0 Å². The number of methoxy groups -OCH3 is 1. The Hall–Kier alpha value is -0.800. The highest BCUT2D eigenvalue weighted by Crippen LogP contribution is 2.44. The highest BCUT2D eigenvalue weighted by Gasteiger charge is 2.28. The Morgan fingerprint density at radius 1 is 1.25 bits per heavy atom. The van der Waals surface area contributed by atoms with Crippen LogP contribution in [-0.4, -0.2) is 89.3 Å². The summed E-state index contributed by atoms with van der Waals surface area (Å²) in [5.41, 5.74) is 0. The lowest BCUT2D eigenvalue weighted by molar-refractivity contribution is -0.870. The van der Waals surface area contributed by atoms with Crippen LogP contribution in [0.4, 0.5) is 0 Å². The monoisotopic (exact) mass is 370 g/mol. The first kappa shape index (κ1) is 23.2. The minimum absolute atomic E-state index is 0.0426. The third-order valence-electron chi connectivity index (χ3n) is 2.61. The zero-order valence-electron chi connectivity index (χ0n) is 14.8. The molecule has 1 N–H and O–H groups in total. The van der Waals surface area contributed by atoms with Crippen LogP contribution < -0.4 is 0 Å². The number of ether oxygens (including phenoxy) is 3. The van der Waals surface area contributed by atoms with Gasteiger partial charge in [0.25, 0.3) is 0 Å². The maximum atomic E-state index is 12.0. The smallest absolute Gasteiger partial charge is 0.460 e. The first-order valence-corrected chi connectivity index (χ1v) is 8.91. The van der Waals surface area contributed by atoms with E-state index in [1.807, 2.05) is 21.1 Å². The molecule has 142 valence electrons. The van der Waals surface area contributed by atoms with Gasteiger partial charge in [0, 0.05) is 13.2 Å². The van der Waals surface area contributed by atoms with Gasteiger partial charge in [-0.15, -0.1) is 0 Å². The van der Waals surface area contributed by atoms with Gasteiger partial charge in [-0.1, -0.05) is 6.58 Å². The summed E-state index contributed by atoms with van der Waals surface area (Å²) in [6, 6.07) is 0. The zero-order valence-corrected chi connectivity index (χ0v) is 15.7. The summed E-state index contributed by atoms with van der Waals surface area (Å²) < 4.78 is 37.4. The van der Waals surface area contributed by atoms with Crippen molar-refractivity contribution in [3.05, 3.63) is 12.7 Å². The van der Waals surface area contributed by atoms with Crippen LogP contribution in [0.5, 0.6) is 0 Å². The molecule has 2 unspecified atom stereocenters. The van der Waals surface area contributed by atoms with Crippen LogP contribution >= 0.6 is 7.82 Å². The van der Waals surface area contributed by atoms with Crippen molar-refractivity contribution in [1.82, 2.24) is 0 Å². The minimum atomic E-state index is -4.30. The van der Waals surface area contributed by atoms with Gasteiger partial charge in [-0.05, 0) is 0 Å². The Balaban J connectivity index is 4.48. The van der Waals surface area contributed by atoms with Crippen LogP contribution in [0.25, 0.3) is 0 Å². The molecule has 2 atom stereocenters. The quantitative estimate of drug-likeness (QED) is 0.156. The summed E-state index contributed by atoms with van der Waals surface area (Å²) in [4.78, 5) is 20.9. The Bertz CT molecular complexity index is 423. The van der Waals surface area contributed by atoms with Crippen LogP contribution in [0, 0.1) is 0 Å². The molecule has 0 fully saturated rings. The van der Waals surface area contributed by atoms with E-state index in [0.717, 1.165) is 6.08 Å². The standard InChI is InChI=1S/C14H28NO8P/c1-6-14(16)21-12-13(11-20-10-9-19-5)23-24(17,18)22-8-7-15(2,3)4/h6,13H,1,7-12H2,2-5H3/p+1. The first-order valence-electron chi connectivity index (χ1n) is 7.41. The van der Waals surface area contributed by atoms with Crippen molar-refractivity contribution in [2.45, 2.75) is 6.10 Å². The van der Waals surface area contributed by atoms with E-state index >= 15 is 0 Å². The van der Waals surface area contributed by atoms with Crippen LogP contribution in [0.15, 0.2) is 12.7 Å².